The SMILES string of the molecule is COc1cc(C)c([C@@H](C(C)C)[C@@H](N)C(=O)O)c(C)c1.Cl. The van der Waals surface area contributed by atoms with E-state index in [1.165, 1.54) is 0 Å². The highest BCUT2D eigenvalue weighted by molar-refractivity contribution is 5.85. The van der Waals surface area contributed by atoms with Crippen molar-refractivity contribution in [2.45, 2.75) is 39.7 Å². The molecule has 0 heterocycles. The molecule has 0 unspecified atom stereocenters. The fraction of sp³-hybridized carbons (Fsp3) is 0.533. The summed E-state index contributed by atoms with van der Waals surface area (Å²) in [5, 5.41) is 9.20. The Labute approximate surface area is 126 Å². The van der Waals surface area contributed by atoms with Gasteiger partial charge in [-0.1, -0.05) is 13.8 Å². The quantitative estimate of drug-likeness (QED) is 0.877. The Morgan fingerprint density at radius 2 is 1.70 bits per heavy atom. The number of nitrogens with two attached hydrogens (primary N) is 1. The average molecular weight is 302 g/mol. The highest BCUT2D eigenvalue weighted by atomic mass is 35.5. The summed E-state index contributed by atoms with van der Waals surface area (Å²) in [7, 11) is 1.62. The lowest BCUT2D eigenvalue weighted by atomic mass is 9.78. The number of halogens is 1. The van der Waals surface area contributed by atoms with Gasteiger partial charge in [0.15, 0.2) is 0 Å². The summed E-state index contributed by atoms with van der Waals surface area (Å²) >= 11 is 0. The third kappa shape index (κ3) is 3.87. The van der Waals surface area contributed by atoms with Crippen LogP contribution in [0.3, 0.4) is 0 Å². The maximum atomic E-state index is 11.2. The molecule has 0 spiro atoms. The second-order valence-electron chi connectivity index (χ2n) is 5.31. The molecule has 0 fully saturated rings. The van der Waals surface area contributed by atoms with Gasteiger partial charge in [0.2, 0.25) is 0 Å². The molecular formula is C15H24ClNO3. The van der Waals surface area contributed by atoms with E-state index in [-0.39, 0.29) is 24.2 Å². The fourth-order valence-electron chi connectivity index (χ4n) is 2.66. The lowest BCUT2D eigenvalue weighted by Crippen LogP contribution is -2.39. The lowest BCUT2D eigenvalue weighted by molar-refractivity contribution is -0.139. The first-order valence-electron chi connectivity index (χ1n) is 6.43. The molecular weight excluding hydrogens is 278 g/mol. The van der Waals surface area contributed by atoms with E-state index in [1.54, 1.807) is 7.11 Å². The molecule has 2 atom stereocenters. The summed E-state index contributed by atoms with van der Waals surface area (Å²) in [4.78, 5) is 11.2. The van der Waals surface area contributed by atoms with Crippen molar-refractivity contribution >= 4 is 18.4 Å². The first-order chi connectivity index (χ1) is 8.79. The minimum absolute atomic E-state index is 0. The fourth-order valence-corrected chi connectivity index (χ4v) is 2.66. The van der Waals surface area contributed by atoms with Crippen LogP contribution in [-0.4, -0.2) is 24.2 Å². The second kappa shape index (κ2) is 7.50. The molecule has 1 aromatic carbocycles. The molecule has 0 aromatic heterocycles. The minimum Gasteiger partial charge on any atom is -0.497 e. The van der Waals surface area contributed by atoms with Crippen molar-refractivity contribution in [2.75, 3.05) is 7.11 Å². The number of carboxylic acid groups (broad SMARTS) is 1. The zero-order valence-corrected chi connectivity index (χ0v) is 13.5. The standard InChI is InChI=1S/C15H23NO3.ClH/c1-8(2)12(14(16)15(17)18)13-9(3)6-11(19-5)7-10(13)4;/h6-8,12,14H,16H2,1-5H3,(H,17,18);1H/t12-,14-;/m1./s1. The van der Waals surface area contributed by atoms with Crippen molar-refractivity contribution in [3.63, 3.8) is 0 Å². The minimum atomic E-state index is -0.965. The summed E-state index contributed by atoms with van der Waals surface area (Å²) in [5.74, 6) is -0.237. The Morgan fingerprint density at radius 1 is 1.25 bits per heavy atom. The van der Waals surface area contributed by atoms with Crippen LogP contribution >= 0.6 is 12.4 Å². The third-order valence-electron chi connectivity index (χ3n) is 3.53. The number of hydrogen-bond acceptors (Lipinski definition) is 3. The van der Waals surface area contributed by atoms with Gasteiger partial charge in [0.05, 0.1) is 7.11 Å². The molecule has 0 saturated carbocycles. The molecule has 1 aromatic rings. The van der Waals surface area contributed by atoms with Gasteiger partial charge in [-0.05, 0) is 48.6 Å². The van der Waals surface area contributed by atoms with Crippen molar-refractivity contribution in [1.82, 2.24) is 0 Å². The number of aliphatic carboxylic acids is 1. The second-order valence-corrected chi connectivity index (χ2v) is 5.31. The molecule has 0 radical (unpaired) electrons. The smallest absolute Gasteiger partial charge is 0.321 e. The molecule has 5 heteroatoms. The van der Waals surface area contributed by atoms with Crippen LogP contribution in [0.1, 0.15) is 36.5 Å². The molecule has 1 rings (SSSR count). The topological polar surface area (TPSA) is 72.5 Å². The maximum absolute atomic E-state index is 11.2. The number of carbonyl (C=O) groups is 1. The van der Waals surface area contributed by atoms with Crippen LogP contribution in [0.2, 0.25) is 0 Å². The number of ether oxygens (including phenoxy) is 1. The predicted octanol–water partition coefficient (Wildman–Crippen LogP) is 2.89. The summed E-state index contributed by atoms with van der Waals surface area (Å²) in [6.45, 7) is 7.93. The van der Waals surface area contributed by atoms with Crippen LogP contribution in [0.5, 0.6) is 5.75 Å². The number of hydrogen-bond donors (Lipinski definition) is 2. The Balaban J connectivity index is 0.00000361. The average Bonchev–Trinajstić information content (AvgIpc) is 2.31. The van der Waals surface area contributed by atoms with E-state index >= 15 is 0 Å². The van der Waals surface area contributed by atoms with E-state index in [4.69, 9.17) is 10.5 Å². The highest BCUT2D eigenvalue weighted by Gasteiger charge is 2.30. The molecule has 4 nitrogen and oxygen atoms in total. The van der Waals surface area contributed by atoms with Crippen molar-refractivity contribution in [3.8, 4) is 5.75 Å². The molecule has 114 valence electrons. The predicted molar refractivity (Wildman–Crippen MR) is 82.9 cm³/mol. The lowest BCUT2D eigenvalue weighted by Gasteiger charge is -2.28. The van der Waals surface area contributed by atoms with Gasteiger partial charge in [0.25, 0.3) is 0 Å². The van der Waals surface area contributed by atoms with E-state index in [0.29, 0.717) is 0 Å². The van der Waals surface area contributed by atoms with Gasteiger partial charge in [-0.25, -0.2) is 0 Å². The van der Waals surface area contributed by atoms with Crippen LogP contribution in [0, 0.1) is 19.8 Å². The molecule has 0 aliphatic carbocycles. The Bertz CT molecular complexity index is 451. The third-order valence-corrected chi connectivity index (χ3v) is 3.53. The number of carboxylic acids is 1. The summed E-state index contributed by atoms with van der Waals surface area (Å²) in [5.41, 5.74) is 8.93. The van der Waals surface area contributed by atoms with Crippen molar-refractivity contribution < 1.29 is 14.6 Å². The normalized spacial score (nSPS) is 13.6. The van der Waals surface area contributed by atoms with Crippen LogP contribution < -0.4 is 10.5 Å². The number of aryl methyl sites for hydroxylation is 2. The number of rotatable bonds is 5. The van der Waals surface area contributed by atoms with Crippen molar-refractivity contribution in [3.05, 3.63) is 28.8 Å². The van der Waals surface area contributed by atoms with Crippen LogP contribution in [0.4, 0.5) is 0 Å². The van der Waals surface area contributed by atoms with Crippen molar-refractivity contribution in [2.24, 2.45) is 11.7 Å². The molecule has 0 amide bonds. The maximum Gasteiger partial charge on any atom is 0.321 e. The summed E-state index contributed by atoms with van der Waals surface area (Å²) in [6, 6.07) is 2.95. The molecule has 3 N–H and O–H groups in total. The largest absolute Gasteiger partial charge is 0.497 e. The highest BCUT2D eigenvalue weighted by Crippen LogP contribution is 2.34. The first kappa shape index (κ1) is 18.7. The van der Waals surface area contributed by atoms with Gasteiger partial charge in [-0.3, -0.25) is 4.79 Å². The van der Waals surface area contributed by atoms with Crippen LogP contribution in [-0.2, 0) is 4.79 Å². The first-order valence-corrected chi connectivity index (χ1v) is 6.43. The molecule has 0 aliphatic heterocycles. The van der Waals surface area contributed by atoms with Gasteiger partial charge in [-0.2, -0.15) is 0 Å². The Hall–Kier alpha value is -1.26. The summed E-state index contributed by atoms with van der Waals surface area (Å²) < 4.78 is 5.23. The zero-order chi connectivity index (χ0) is 14.7. The number of benzene rings is 1. The van der Waals surface area contributed by atoms with Gasteiger partial charge in [0.1, 0.15) is 11.8 Å². The van der Waals surface area contributed by atoms with Crippen molar-refractivity contribution in [1.29, 1.82) is 0 Å². The Kier molecular flexibility index (Phi) is 7.03. The Morgan fingerprint density at radius 3 is 2.00 bits per heavy atom. The zero-order valence-electron chi connectivity index (χ0n) is 12.6. The van der Waals surface area contributed by atoms with E-state index in [0.717, 1.165) is 22.4 Å². The van der Waals surface area contributed by atoms with E-state index in [2.05, 4.69) is 0 Å². The summed E-state index contributed by atoms with van der Waals surface area (Å²) in [6.07, 6.45) is 0. The van der Waals surface area contributed by atoms with Crippen LogP contribution in [0.25, 0.3) is 0 Å². The van der Waals surface area contributed by atoms with Crippen LogP contribution in [0.15, 0.2) is 12.1 Å². The number of methoxy groups -OCH3 is 1. The molecule has 0 saturated heterocycles. The van der Waals surface area contributed by atoms with E-state index < -0.39 is 12.0 Å². The van der Waals surface area contributed by atoms with E-state index in [1.807, 2.05) is 39.8 Å². The van der Waals surface area contributed by atoms with E-state index in [9.17, 15) is 9.90 Å². The van der Waals surface area contributed by atoms with Gasteiger partial charge >= 0.3 is 5.97 Å². The van der Waals surface area contributed by atoms with Gasteiger partial charge in [0, 0.05) is 5.92 Å². The molecule has 0 aliphatic rings. The molecule has 0 bridgehead atoms. The monoisotopic (exact) mass is 301 g/mol. The van der Waals surface area contributed by atoms with Gasteiger partial charge in [-0.15, -0.1) is 12.4 Å². The van der Waals surface area contributed by atoms with Gasteiger partial charge < -0.3 is 15.6 Å². The molecule has 20 heavy (non-hydrogen) atoms.